The third-order valence-corrected chi connectivity index (χ3v) is 5.36. The monoisotopic (exact) mass is 248 g/mol. The summed E-state index contributed by atoms with van der Waals surface area (Å²) in [5.41, 5.74) is 6.21. The molecule has 1 aliphatic heterocycles. The zero-order valence-electron chi connectivity index (χ0n) is 10.8. The molecule has 2 bridgehead atoms. The van der Waals surface area contributed by atoms with Gasteiger partial charge in [-0.05, 0) is 34.1 Å². The number of benzene rings is 2. The van der Waals surface area contributed by atoms with E-state index >= 15 is 0 Å². The first-order chi connectivity index (χ1) is 9.45. The van der Waals surface area contributed by atoms with Gasteiger partial charge in [0.15, 0.2) is 0 Å². The molecule has 1 heteroatoms. The summed E-state index contributed by atoms with van der Waals surface area (Å²) < 4.78 is 5.83. The Bertz CT molecular complexity index is 557. The highest BCUT2D eigenvalue weighted by Gasteiger charge is 2.51. The number of ether oxygens (including phenoxy) is 1. The van der Waals surface area contributed by atoms with Gasteiger partial charge in [-0.25, -0.2) is 0 Å². The van der Waals surface area contributed by atoms with Crippen molar-refractivity contribution in [1.29, 1.82) is 0 Å². The van der Waals surface area contributed by atoms with Gasteiger partial charge in [-0.2, -0.15) is 0 Å². The fourth-order valence-electron chi connectivity index (χ4n) is 4.69. The Balaban J connectivity index is 1.85. The van der Waals surface area contributed by atoms with Crippen LogP contribution in [-0.4, -0.2) is 13.2 Å². The van der Waals surface area contributed by atoms with Crippen LogP contribution in [0.4, 0.5) is 0 Å². The molecule has 2 unspecified atom stereocenters. The van der Waals surface area contributed by atoms with Gasteiger partial charge in [0.25, 0.3) is 0 Å². The Hall–Kier alpha value is -1.60. The van der Waals surface area contributed by atoms with E-state index in [1.54, 1.807) is 22.3 Å². The smallest absolute Gasteiger partial charge is 0.0507 e. The Morgan fingerprint density at radius 2 is 1.00 bits per heavy atom. The standard InChI is InChI=1S/C18H16O/c1-2-6-12-11(5-1)17-13-7-3-4-8-14(13)18(12)16-10-19-9-15(16)17/h1-8,15-18H,9-10H2. The molecule has 0 amide bonds. The predicted octanol–water partition coefficient (Wildman–Crippen LogP) is 3.54. The zero-order chi connectivity index (χ0) is 12.4. The van der Waals surface area contributed by atoms with Crippen molar-refractivity contribution in [2.24, 2.45) is 11.8 Å². The van der Waals surface area contributed by atoms with Crippen molar-refractivity contribution in [1.82, 2.24) is 0 Å². The summed E-state index contributed by atoms with van der Waals surface area (Å²) in [5, 5.41) is 0. The third kappa shape index (κ3) is 1.15. The van der Waals surface area contributed by atoms with E-state index in [1.165, 1.54) is 0 Å². The fourth-order valence-corrected chi connectivity index (χ4v) is 4.69. The predicted molar refractivity (Wildman–Crippen MR) is 74.4 cm³/mol. The molecule has 0 saturated carbocycles. The van der Waals surface area contributed by atoms with Gasteiger partial charge in [-0.15, -0.1) is 0 Å². The highest BCUT2D eigenvalue weighted by molar-refractivity contribution is 5.56. The molecule has 0 aromatic heterocycles. The molecule has 3 aliphatic carbocycles. The van der Waals surface area contributed by atoms with Gasteiger partial charge in [0, 0.05) is 11.8 Å². The maximum atomic E-state index is 5.83. The Labute approximate surface area is 113 Å². The number of hydrogen-bond donors (Lipinski definition) is 0. The first-order valence-electron chi connectivity index (χ1n) is 7.20. The van der Waals surface area contributed by atoms with Gasteiger partial charge < -0.3 is 4.74 Å². The van der Waals surface area contributed by atoms with E-state index in [-0.39, 0.29) is 0 Å². The van der Waals surface area contributed by atoms with Crippen LogP contribution < -0.4 is 0 Å². The quantitative estimate of drug-likeness (QED) is 0.693. The van der Waals surface area contributed by atoms with Gasteiger partial charge in [0.2, 0.25) is 0 Å². The van der Waals surface area contributed by atoms with Gasteiger partial charge in [0.1, 0.15) is 0 Å². The number of rotatable bonds is 0. The summed E-state index contributed by atoms with van der Waals surface area (Å²) in [7, 11) is 0. The van der Waals surface area contributed by atoms with Crippen LogP contribution in [0.5, 0.6) is 0 Å². The summed E-state index contributed by atoms with van der Waals surface area (Å²) in [6, 6.07) is 18.1. The van der Waals surface area contributed by atoms with Gasteiger partial charge in [0.05, 0.1) is 13.2 Å². The summed E-state index contributed by atoms with van der Waals surface area (Å²) in [6.07, 6.45) is 0. The Morgan fingerprint density at radius 1 is 0.632 bits per heavy atom. The second-order valence-electron chi connectivity index (χ2n) is 6.08. The largest absolute Gasteiger partial charge is 0.381 e. The lowest BCUT2D eigenvalue weighted by Gasteiger charge is -2.47. The molecule has 2 aromatic rings. The van der Waals surface area contributed by atoms with Crippen molar-refractivity contribution in [2.75, 3.05) is 13.2 Å². The molecule has 2 aromatic carbocycles. The van der Waals surface area contributed by atoms with E-state index in [4.69, 9.17) is 4.74 Å². The fraction of sp³-hybridized carbons (Fsp3) is 0.333. The lowest BCUT2D eigenvalue weighted by Crippen LogP contribution is -2.39. The summed E-state index contributed by atoms with van der Waals surface area (Å²) in [5.74, 6) is 2.50. The minimum atomic E-state index is 0.560. The molecule has 1 nitrogen and oxygen atoms in total. The van der Waals surface area contributed by atoms with Crippen LogP contribution in [0.15, 0.2) is 48.5 Å². The highest BCUT2D eigenvalue weighted by atomic mass is 16.5. The van der Waals surface area contributed by atoms with E-state index in [0.717, 1.165) is 13.2 Å². The maximum absolute atomic E-state index is 5.83. The molecule has 19 heavy (non-hydrogen) atoms. The molecule has 1 heterocycles. The molecular weight excluding hydrogens is 232 g/mol. The Morgan fingerprint density at radius 3 is 1.37 bits per heavy atom. The molecule has 1 fully saturated rings. The molecule has 4 aliphatic rings. The van der Waals surface area contributed by atoms with E-state index in [9.17, 15) is 0 Å². The zero-order valence-corrected chi connectivity index (χ0v) is 10.8. The second-order valence-corrected chi connectivity index (χ2v) is 6.08. The van der Waals surface area contributed by atoms with Crippen molar-refractivity contribution >= 4 is 0 Å². The van der Waals surface area contributed by atoms with E-state index in [0.29, 0.717) is 23.7 Å². The molecule has 0 spiro atoms. The average molecular weight is 248 g/mol. The minimum Gasteiger partial charge on any atom is -0.381 e. The lowest BCUT2D eigenvalue weighted by molar-refractivity contribution is 0.179. The van der Waals surface area contributed by atoms with E-state index in [1.807, 2.05) is 0 Å². The van der Waals surface area contributed by atoms with Crippen LogP contribution >= 0.6 is 0 Å². The van der Waals surface area contributed by atoms with E-state index < -0.39 is 0 Å². The lowest BCUT2D eigenvalue weighted by atomic mass is 9.55. The molecule has 6 rings (SSSR count). The first-order valence-corrected chi connectivity index (χ1v) is 7.20. The van der Waals surface area contributed by atoms with Crippen LogP contribution in [0.1, 0.15) is 34.1 Å². The molecular formula is C18H16O. The third-order valence-electron chi connectivity index (χ3n) is 5.36. The van der Waals surface area contributed by atoms with Crippen LogP contribution in [0.2, 0.25) is 0 Å². The topological polar surface area (TPSA) is 9.23 Å². The van der Waals surface area contributed by atoms with Crippen molar-refractivity contribution < 1.29 is 4.74 Å². The normalized spacial score (nSPS) is 33.7. The first kappa shape index (κ1) is 10.2. The van der Waals surface area contributed by atoms with Crippen molar-refractivity contribution in [3.05, 3.63) is 70.8 Å². The molecule has 2 atom stereocenters. The maximum Gasteiger partial charge on any atom is 0.0507 e. The average Bonchev–Trinajstić information content (AvgIpc) is 2.96. The van der Waals surface area contributed by atoms with Crippen molar-refractivity contribution in [3.63, 3.8) is 0 Å². The van der Waals surface area contributed by atoms with Crippen LogP contribution in [0.25, 0.3) is 0 Å². The summed E-state index contributed by atoms with van der Waals surface area (Å²) in [4.78, 5) is 0. The van der Waals surface area contributed by atoms with Gasteiger partial charge in [-0.1, -0.05) is 48.5 Å². The van der Waals surface area contributed by atoms with E-state index in [2.05, 4.69) is 48.5 Å². The number of hydrogen-bond acceptors (Lipinski definition) is 1. The molecule has 0 radical (unpaired) electrons. The van der Waals surface area contributed by atoms with Crippen molar-refractivity contribution in [3.8, 4) is 0 Å². The van der Waals surface area contributed by atoms with Gasteiger partial charge >= 0.3 is 0 Å². The van der Waals surface area contributed by atoms with Crippen molar-refractivity contribution in [2.45, 2.75) is 11.8 Å². The minimum absolute atomic E-state index is 0.560. The molecule has 0 N–H and O–H groups in total. The Kier molecular flexibility index (Phi) is 1.88. The molecule has 94 valence electrons. The van der Waals surface area contributed by atoms with Crippen LogP contribution in [0.3, 0.4) is 0 Å². The van der Waals surface area contributed by atoms with Crippen LogP contribution in [0, 0.1) is 11.8 Å². The SMILES string of the molecule is c1ccc2c(c1)C1c3ccccc3C2C2COCC12. The summed E-state index contributed by atoms with van der Waals surface area (Å²) >= 11 is 0. The second kappa shape index (κ2) is 3.49. The van der Waals surface area contributed by atoms with Crippen LogP contribution in [-0.2, 0) is 4.74 Å². The highest BCUT2D eigenvalue weighted by Crippen LogP contribution is 2.59. The summed E-state index contributed by atoms with van der Waals surface area (Å²) in [6.45, 7) is 1.88. The van der Waals surface area contributed by atoms with Gasteiger partial charge in [-0.3, -0.25) is 0 Å². The molecule has 1 saturated heterocycles.